The molecule has 0 amide bonds. The predicted octanol–water partition coefficient (Wildman–Crippen LogP) is 3.89. The minimum Gasteiger partial charge on any atom is -0.464 e. The average Bonchev–Trinajstić information content (AvgIpc) is 2.93. The normalized spacial score (nSPS) is 14.3. The molecule has 0 spiro atoms. The number of hydrogen-bond acceptors (Lipinski definition) is 3. The molecule has 0 aliphatic rings. The topological polar surface area (TPSA) is 38.1 Å². The van der Waals surface area contributed by atoms with E-state index in [4.69, 9.17) is 4.42 Å². The molecule has 2 unspecified atom stereocenters. The summed E-state index contributed by atoms with van der Waals surface area (Å²) in [5.74, 6) is 0.266. The van der Waals surface area contributed by atoms with Crippen LogP contribution in [0.25, 0.3) is 11.0 Å². The standard InChI is InChI=1S/C17H18N2O/c1-12(15-8-5-6-10-19-15)17(18-2)14-11-20-16-9-4-3-7-13(14)16/h3-12,17-18H,1-2H3. The maximum Gasteiger partial charge on any atom is 0.134 e. The fourth-order valence-electron chi connectivity index (χ4n) is 2.73. The second kappa shape index (κ2) is 5.47. The van der Waals surface area contributed by atoms with Gasteiger partial charge >= 0.3 is 0 Å². The van der Waals surface area contributed by atoms with Crippen LogP contribution in [0.5, 0.6) is 0 Å². The smallest absolute Gasteiger partial charge is 0.134 e. The van der Waals surface area contributed by atoms with Gasteiger partial charge in [-0.3, -0.25) is 4.98 Å². The van der Waals surface area contributed by atoms with Gasteiger partial charge in [0, 0.05) is 34.8 Å². The van der Waals surface area contributed by atoms with Crippen LogP contribution in [0.1, 0.15) is 30.1 Å². The molecule has 3 heteroatoms. The van der Waals surface area contributed by atoms with Crippen LogP contribution in [0.2, 0.25) is 0 Å². The van der Waals surface area contributed by atoms with Crippen LogP contribution in [0.15, 0.2) is 59.3 Å². The van der Waals surface area contributed by atoms with Crippen molar-refractivity contribution in [2.45, 2.75) is 18.9 Å². The van der Waals surface area contributed by atoms with E-state index in [2.05, 4.69) is 29.4 Å². The first-order valence-corrected chi connectivity index (χ1v) is 6.85. The Bertz CT molecular complexity index is 690. The van der Waals surface area contributed by atoms with Crippen LogP contribution in [0.4, 0.5) is 0 Å². The zero-order chi connectivity index (χ0) is 13.9. The van der Waals surface area contributed by atoms with Gasteiger partial charge in [0.15, 0.2) is 0 Å². The van der Waals surface area contributed by atoms with Gasteiger partial charge in [-0.15, -0.1) is 0 Å². The molecule has 20 heavy (non-hydrogen) atoms. The SMILES string of the molecule is CNC(c1coc2ccccc12)C(C)c1ccccn1. The first-order chi connectivity index (χ1) is 9.81. The van der Waals surface area contributed by atoms with E-state index in [1.807, 2.05) is 49.8 Å². The fourth-order valence-corrected chi connectivity index (χ4v) is 2.73. The highest BCUT2D eigenvalue weighted by atomic mass is 16.3. The van der Waals surface area contributed by atoms with E-state index < -0.39 is 0 Å². The number of nitrogens with zero attached hydrogens (tertiary/aromatic N) is 1. The Morgan fingerprint density at radius 2 is 1.90 bits per heavy atom. The summed E-state index contributed by atoms with van der Waals surface area (Å²) in [6, 6.07) is 14.3. The predicted molar refractivity (Wildman–Crippen MR) is 80.7 cm³/mol. The molecule has 2 aromatic heterocycles. The highest BCUT2D eigenvalue weighted by Gasteiger charge is 2.23. The molecular formula is C17H18N2O. The lowest BCUT2D eigenvalue weighted by molar-refractivity contribution is 0.492. The van der Waals surface area contributed by atoms with Gasteiger partial charge in [-0.1, -0.05) is 31.2 Å². The van der Waals surface area contributed by atoms with Gasteiger partial charge in [0.2, 0.25) is 0 Å². The van der Waals surface area contributed by atoms with Crippen molar-refractivity contribution in [3.8, 4) is 0 Å². The van der Waals surface area contributed by atoms with Crippen molar-refractivity contribution in [2.75, 3.05) is 7.05 Å². The van der Waals surface area contributed by atoms with Crippen LogP contribution in [0.3, 0.4) is 0 Å². The van der Waals surface area contributed by atoms with E-state index >= 15 is 0 Å². The Hall–Kier alpha value is -2.13. The molecule has 0 saturated heterocycles. The number of nitrogens with one attached hydrogen (secondary N) is 1. The Balaban J connectivity index is 2.01. The molecule has 1 N–H and O–H groups in total. The Labute approximate surface area is 118 Å². The third kappa shape index (κ3) is 2.21. The van der Waals surface area contributed by atoms with Crippen molar-refractivity contribution in [1.82, 2.24) is 10.3 Å². The van der Waals surface area contributed by atoms with Gasteiger partial charge in [0.05, 0.1) is 6.26 Å². The lowest BCUT2D eigenvalue weighted by Crippen LogP contribution is -2.22. The summed E-state index contributed by atoms with van der Waals surface area (Å²) in [6.07, 6.45) is 3.69. The van der Waals surface area contributed by atoms with Crippen molar-refractivity contribution in [1.29, 1.82) is 0 Å². The number of furan rings is 1. The number of para-hydroxylation sites is 1. The van der Waals surface area contributed by atoms with Gasteiger partial charge in [-0.25, -0.2) is 0 Å². The van der Waals surface area contributed by atoms with E-state index in [9.17, 15) is 0 Å². The third-order valence-corrected chi connectivity index (χ3v) is 3.81. The van der Waals surface area contributed by atoms with E-state index in [0.29, 0.717) is 0 Å². The van der Waals surface area contributed by atoms with Crippen LogP contribution >= 0.6 is 0 Å². The second-order valence-electron chi connectivity index (χ2n) is 5.00. The summed E-state index contributed by atoms with van der Waals surface area (Å²) in [7, 11) is 1.98. The number of hydrogen-bond donors (Lipinski definition) is 1. The Kier molecular flexibility index (Phi) is 3.52. The summed E-state index contributed by atoms with van der Waals surface area (Å²) in [5.41, 5.74) is 3.19. The molecule has 3 nitrogen and oxygen atoms in total. The molecule has 0 saturated carbocycles. The summed E-state index contributed by atoms with van der Waals surface area (Å²) >= 11 is 0. The van der Waals surface area contributed by atoms with Gasteiger partial charge in [-0.2, -0.15) is 0 Å². The maximum absolute atomic E-state index is 5.66. The van der Waals surface area contributed by atoms with E-state index in [0.717, 1.165) is 16.7 Å². The molecule has 1 aromatic carbocycles. The quantitative estimate of drug-likeness (QED) is 0.778. The van der Waals surface area contributed by atoms with E-state index in [1.165, 1.54) is 5.56 Å². The molecule has 0 radical (unpaired) electrons. The molecule has 2 atom stereocenters. The number of pyridine rings is 1. The van der Waals surface area contributed by atoms with Crippen LogP contribution < -0.4 is 5.32 Å². The highest BCUT2D eigenvalue weighted by molar-refractivity contribution is 5.81. The zero-order valence-corrected chi connectivity index (χ0v) is 11.7. The lowest BCUT2D eigenvalue weighted by Gasteiger charge is -2.22. The number of fused-ring (bicyclic) bond motifs is 1. The van der Waals surface area contributed by atoms with E-state index in [1.54, 1.807) is 0 Å². The molecule has 0 bridgehead atoms. The van der Waals surface area contributed by atoms with Gasteiger partial charge in [0.25, 0.3) is 0 Å². The first kappa shape index (κ1) is 12.9. The minimum atomic E-state index is 0.175. The summed E-state index contributed by atoms with van der Waals surface area (Å²) in [5, 5.41) is 4.56. The number of likely N-dealkylation sites (N-methyl/N-ethyl adjacent to an activating group) is 1. The van der Waals surface area contributed by atoms with Gasteiger partial charge in [0.1, 0.15) is 5.58 Å². The molecule has 0 aliphatic carbocycles. The van der Waals surface area contributed by atoms with Gasteiger partial charge < -0.3 is 9.73 Å². The molecule has 102 valence electrons. The zero-order valence-electron chi connectivity index (χ0n) is 11.7. The third-order valence-electron chi connectivity index (χ3n) is 3.81. The lowest BCUT2D eigenvalue weighted by atomic mass is 9.91. The monoisotopic (exact) mass is 266 g/mol. The van der Waals surface area contributed by atoms with Crippen LogP contribution in [-0.2, 0) is 0 Å². The highest BCUT2D eigenvalue weighted by Crippen LogP contribution is 2.34. The minimum absolute atomic E-state index is 0.175. The van der Waals surface area contributed by atoms with Crippen molar-refractivity contribution in [3.05, 3.63) is 66.2 Å². The molecule has 3 rings (SSSR count). The van der Waals surface area contributed by atoms with Crippen molar-refractivity contribution in [3.63, 3.8) is 0 Å². The molecule has 2 heterocycles. The molecule has 0 aliphatic heterocycles. The average molecular weight is 266 g/mol. The van der Waals surface area contributed by atoms with Crippen LogP contribution in [-0.4, -0.2) is 12.0 Å². The summed E-state index contributed by atoms with van der Waals surface area (Å²) in [6.45, 7) is 2.19. The number of aromatic nitrogens is 1. The maximum atomic E-state index is 5.66. The van der Waals surface area contributed by atoms with Crippen LogP contribution in [0, 0.1) is 0 Å². The Morgan fingerprint density at radius 1 is 1.10 bits per heavy atom. The molecular weight excluding hydrogens is 248 g/mol. The number of rotatable bonds is 4. The summed E-state index contributed by atoms with van der Waals surface area (Å²) in [4.78, 5) is 4.47. The largest absolute Gasteiger partial charge is 0.464 e. The van der Waals surface area contributed by atoms with Gasteiger partial charge in [-0.05, 0) is 25.2 Å². The fraction of sp³-hybridized carbons (Fsp3) is 0.235. The first-order valence-electron chi connectivity index (χ1n) is 6.85. The molecule has 3 aromatic rings. The summed E-state index contributed by atoms with van der Waals surface area (Å²) < 4.78 is 5.66. The second-order valence-corrected chi connectivity index (χ2v) is 5.00. The van der Waals surface area contributed by atoms with Crippen molar-refractivity contribution < 1.29 is 4.42 Å². The van der Waals surface area contributed by atoms with Crippen molar-refractivity contribution in [2.24, 2.45) is 0 Å². The Morgan fingerprint density at radius 3 is 2.65 bits per heavy atom. The number of benzene rings is 1. The van der Waals surface area contributed by atoms with Crippen molar-refractivity contribution >= 4 is 11.0 Å². The van der Waals surface area contributed by atoms with E-state index in [-0.39, 0.29) is 12.0 Å². The molecule has 0 fully saturated rings.